The molecule has 0 radical (unpaired) electrons. The first-order valence-corrected chi connectivity index (χ1v) is 10.3. The van der Waals surface area contributed by atoms with Crippen LogP contribution in [0.2, 0.25) is 0 Å². The molecule has 0 spiro atoms. The summed E-state index contributed by atoms with van der Waals surface area (Å²) in [5.74, 6) is -0.572. The van der Waals surface area contributed by atoms with E-state index < -0.39 is 15.8 Å². The molecule has 1 unspecified atom stereocenters. The van der Waals surface area contributed by atoms with Gasteiger partial charge in [-0.25, -0.2) is 17.8 Å². The monoisotopic (exact) mass is 369 g/mol. The molecule has 2 aromatic rings. The summed E-state index contributed by atoms with van der Waals surface area (Å²) in [6.07, 6.45) is 1.79. The van der Waals surface area contributed by atoms with E-state index in [1.54, 1.807) is 23.6 Å². The van der Waals surface area contributed by atoms with Crippen molar-refractivity contribution in [1.29, 1.82) is 0 Å². The molecular formula is C16H20FN3O2S2. The van der Waals surface area contributed by atoms with Crippen LogP contribution in [0.4, 0.5) is 4.39 Å². The number of thiazole rings is 1. The molecule has 1 atom stereocenters. The SMILES string of the molecule is CC(c1nccs1)N1CCN(S(=O)(=O)Cc2cccc(F)c2)CC1. The second kappa shape index (κ2) is 7.26. The molecule has 130 valence electrons. The number of piperazine rings is 1. The fourth-order valence-electron chi connectivity index (χ4n) is 2.89. The highest BCUT2D eigenvalue weighted by Crippen LogP contribution is 2.24. The first-order valence-electron chi connectivity index (χ1n) is 7.81. The van der Waals surface area contributed by atoms with Gasteiger partial charge >= 0.3 is 0 Å². The third-order valence-electron chi connectivity index (χ3n) is 4.26. The van der Waals surface area contributed by atoms with E-state index in [1.807, 2.05) is 5.38 Å². The molecule has 0 saturated carbocycles. The van der Waals surface area contributed by atoms with Gasteiger partial charge in [-0.05, 0) is 24.6 Å². The second-order valence-corrected chi connectivity index (χ2v) is 8.76. The van der Waals surface area contributed by atoms with Crippen molar-refractivity contribution in [2.75, 3.05) is 26.2 Å². The maximum atomic E-state index is 13.2. The molecule has 0 amide bonds. The Labute approximate surface area is 145 Å². The zero-order valence-electron chi connectivity index (χ0n) is 13.4. The summed E-state index contributed by atoms with van der Waals surface area (Å²) < 4.78 is 39.8. The van der Waals surface area contributed by atoms with Gasteiger partial charge in [0.1, 0.15) is 10.8 Å². The molecule has 1 saturated heterocycles. The summed E-state index contributed by atoms with van der Waals surface area (Å²) in [4.78, 5) is 6.58. The number of sulfonamides is 1. The third kappa shape index (κ3) is 4.00. The quantitative estimate of drug-likeness (QED) is 0.813. The Bertz CT molecular complexity index is 772. The summed E-state index contributed by atoms with van der Waals surface area (Å²) >= 11 is 1.61. The van der Waals surface area contributed by atoms with Crippen molar-refractivity contribution in [3.63, 3.8) is 0 Å². The normalized spacial score (nSPS) is 18.6. The molecule has 2 heterocycles. The second-order valence-electron chi connectivity index (χ2n) is 5.87. The first kappa shape index (κ1) is 17.5. The predicted molar refractivity (Wildman–Crippen MR) is 92.7 cm³/mol. The number of rotatable bonds is 5. The Kier molecular flexibility index (Phi) is 5.29. The van der Waals surface area contributed by atoms with E-state index in [4.69, 9.17) is 0 Å². The molecule has 1 aliphatic heterocycles. The smallest absolute Gasteiger partial charge is 0.218 e. The van der Waals surface area contributed by atoms with E-state index >= 15 is 0 Å². The van der Waals surface area contributed by atoms with Crippen LogP contribution >= 0.6 is 11.3 Å². The van der Waals surface area contributed by atoms with Crippen LogP contribution in [-0.2, 0) is 15.8 Å². The van der Waals surface area contributed by atoms with Crippen LogP contribution in [-0.4, -0.2) is 48.8 Å². The fourth-order valence-corrected chi connectivity index (χ4v) is 5.13. The zero-order chi connectivity index (χ0) is 17.2. The van der Waals surface area contributed by atoms with Crippen LogP contribution in [0, 0.1) is 5.82 Å². The molecule has 5 nitrogen and oxygen atoms in total. The highest BCUT2D eigenvalue weighted by molar-refractivity contribution is 7.88. The molecule has 0 aliphatic carbocycles. The molecule has 1 fully saturated rings. The van der Waals surface area contributed by atoms with Gasteiger partial charge < -0.3 is 0 Å². The molecular weight excluding hydrogens is 349 g/mol. The minimum atomic E-state index is -3.43. The number of hydrogen-bond donors (Lipinski definition) is 0. The van der Waals surface area contributed by atoms with Crippen LogP contribution in [0.1, 0.15) is 23.5 Å². The van der Waals surface area contributed by atoms with Crippen molar-refractivity contribution < 1.29 is 12.8 Å². The van der Waals surface area contributed by atoms with E-state index in [0.29, 0.717) is 31.7 Å². The van der Waals surface area contributed by atoms with E-state index in [0.717, 1.165) is 5.01 Å². The number of benzene rings is 1. The van der Waals surface area contributed by atoms with Crippen LogP contribution in [0.15, 0.2) is 35.8 Å². The predicted octanol–water partition coefficient (Wildman–Crippen LogP) is 2.49. The molecule has 0 bridgehead atoms. The summed E-state index contributed by atoms with van der Waals surface area (Å²) in [6, 6.07) is 5.96. The standard InChI is InChI=1S/C16H20FN3O2S2/c1-13(16-18-5-10-23-16)19-6-8-20(9-7-19)24(21,22)12-14-3-2-4-15(17)11-14/h2-5,10-11,13H,6-9,12H2,1H3. The summed E-state index contributed by atoms with van der Waals surface area (Å²) in [6.45, 7) is 4.34. The van der Waals surface area contributed by atoms with E-state index in [1.165, 1.54) is 22.5 Å². The lowest BCUT2D eigenvalue weighted by molar-refractivity contribution is 0.145. The minimum Gasteiger partial charge on any atom is -0.292 e. The Morgan fingerprint density at radius 3 is 2.67 bits per heavy atom. The molecule has 1 aromatic heterocycles. The zero-order valence-corrected chi connectivity index (χ0v) is 15.1. The first-order chi connectivity index (χ1) is 11.5. The van der Waals surface area contributed by atoms with Crippen LogP contribution in [0.25, 0.3) is 0 Å². The van der Waals surface area contributed by atoms with E-state index in [2.05, 4.69) is 16.8 Å². The van der Waals surface area contributed by atoms with Crippen LogP contribution in [0.3, 0.4) is 0 Å². The number of nitrogens with zero attached hydrogens (tertiary/aromatic N) is 3. The summed E-state index contributed by atoms with van der Waals surface area (Å²) in [5, 5.41) is 3.00. The van der Waals surface area contributed by atoms with Gasteiger partial charge in [0.2, 0.25) is 10.0 Å². The molecule has 3 rings (SSSR count). The minimum absolute atomic E-state index is 0.160. The van der Waals surface area contributed by atoms with Crippen molar-refractivity contribution in [3.05, 3.63) is 52.2 Å². The molecule has 0 N–H and O–H groups in total. The van der Waals surface area contributed by atoms with Crippen molar-refractivity contribution >= 4 is 21.4 Å². The summed E-state index contributed by atoms with van der Waals surface area (Å²) in [5.41, 5.74) is 0.480. The van der Waals surface area contributed by atoms with Gasteiger partial charge in [0.25, 0.3) is 0 Å². The summed E-state index contributed by atoms with van der Waals surface area (Å²) in [7, 11) is -3.43. The molecule has 8 heteroatoms. The van der Waals surface area contributed by atoms with Crippen molar-refractivity contribution in [1.82, 2.24) is 14.2 Å². The van der Waals surface area contributed by atoms with E-state index in [-0.39, 0.29) is 11.8 Å². The van der Waals surface area contributed by atoms with Gasteiger partial charge in [-0.3, -0.25) is 4.90 Å². The van der Waals surface area contributed by atoms with Crippen molar-refractivity contribution in [2.24, 2.45) is 0 Å². The Morgan fingerprint density at radius 2 is 2.04 bits per heavy atom. The number of halogens is 1. The maximum absolute atomic E-state index is 13.2. The van der Waals surface area contributed by atoms with Gasteiger partial charge in [0.15, 0.2) is 0 Å². The van der Waals surface area contributed by atoms with Gasteiger partial charge in [0.05, 0.1) is 11.8 Å². The van der Waals surface area contributed by atoms with Crippen molar-refractivity contribution in [3.8, 4) is 0 Å². The topological polar surface area (TPSA) is 53.5 Å². The Balaban J connectivity index is 1.61. The van der Waals surface area contributed by atoms with Gasteiger partial charge in [-0.2, -0.15) is 4.31 Å². The van der Waals surface area contributed by atoms with Crippen molar-refractivity contribution in [2.45, 2.75) is 18.7 Å². The van der Waals surface area contributed by atoms with E-state index in [9.17, 15) is 12.8 Å². The third-order valence-corrected chi connectivity index (χ3v) is 7.06. The van der Waals surface area contributed by atoms with Gasteiger partial charge in [0, 0.05) is 37.8 Å². The average molecular weight is 369 g/mol. The highest BCUT2D eigenvalue weighted by Gasteiger charge is 2.29. The largest absolute Gasteiger partial charge is 0.292 e. The van der Waals surface area contributed by atoms with Gasteiger partial charge in [-0.15, -0.1) is 11.3 Å². The molecule has 24 heavy (non-hydrogen) atoms. The number of hydrogen-bond acceptors (Lipinski definition) is 5. The molecule has 1 aromatic carbocycles. The Hall–Kier alpha value is -1.35. The van der Waals surface area contributed by atoms with Gasteiger partial charge in [-0.1, -0.05) is 12.1 Å². The van der Waals surface area contributed by atoms with Crippen LogP contribution < -0.4 is 0 Å². The Morgan fingerprint density at radius 1 is 1.29 bits per heavy atom. The lowest BCUT2D eigenvalue weighted by Gasteiger charge is -2.36. The van der Waals surface area contributed by atoms with Crippen LogP contribution in [0.5, 0.6) is 0 Å². The lowest BCUT2D eigenvalue weighted by Crippen LogP contribution is -2.49. The highest BCUT2D eigenvalue weighted by atomic mass is 32.2. The molecule has 1 aliphatic rings. The fraction of sp³-hybridized carbons (Fsp3) is 0.438. The lowest BCUT2D eigenvalue weighted by atomic mass is 10.2. The maximum Gasteiger partial charge on any atom is 0.218 e. The average Bonchev–Trinajstić information content (AvgIpc) is 3.08. The number of aromatic nitrogens is 1.